The number of carbonyl (C=O) groups is 1. The Morgan fingerprint density at radius 3 is 2.81 bits per heavy atom. The lowest BCUT2D eigenvalue weighted by molar-refractivity contribution is -0.120. The van der Waals surface area contributed by atoms with Gasteiger partial charge < -0.3 is 5.11 Å². The number of allylic oxidation sites excluding steroid dienone is 3. The van der Waals surface area contributed by atoms with E-state index in [4.69, 9.17) is 0 Å². The van der Waals surface area contributed by atoms with Gasteiger partial charge in [-0.25, -0.2) is 0 Å². The molecule has 0 spiro atoms. The molecule has 0 aromatic carbocycles. The molecule has 1 N–H and O–H groups in total. The number of hydrogen-bond donors (Lipinski definition) is 1. The molecular formula is C14H20O2. The zero-order chi connectivity index (χ0) is 11.9. The molecule has 0 heterocycles. The summed E-state index contributed by atoms with van der Waals surface area (Å²) in [7, 11) is 0. The number of hydrogen-bond acceptors (Lipinski definition) is 2. The maximum Gasteiger partial charge on any atom is 0.197 e. The zero-order valence-corrected chi connectivity index (χ0v) is 10.1. The number of ketones is 1. The minimum absolute atomic E-state index is 0.0263. The Balaban J connectivity index is 2.31. The van der Waals surface area contributed by atoms with Gasteiger partial charge in [0.25, 0.3) is 0 Å². The van der Waals surface area contributed by atoms with Gasteiger partial charge in [-0.2, -0.15) is 0 Å². The number of aliphatic hydroxyl groups is 1. The molecule has 2 aliphatic carbocycles. The lowest BCUT2D eigenvalue weighted by atomic mass is 9.63. The fraction of sp³-hybridized carbons (Fsp3) is 0.643. The van der Waals surface area contributed by atoms with Crippen molar-refractivity contribution in [3.8, 4) is 0 Å². The van der Waals surface area contributed by atoms with Crippen LogP contribution in [0.3, 0.4) is 0 Å². The summed E-state index contributed by atoms with van der Waals surface area (Å²) in [6.45, 7) is 8.53. The van der Waals surface area contributed by atoms with Crippen LogP contribution in [0.5, 0.6) is 0 Å². The first kappa shape index (κ1) is 11.4. The zero-order valence-electron chi connectivity index (χ0n) is 10.1. The van der Waals surface area contributed by atoms with Gasteiger partial charge in [0.15, 0.2) is 11.5 Å². The van der Waals surface area contributed by atoms with Gasteiger partial charge in [0.2, 0.25) is 0 Å². The van der Waals surface area contributed by atoms with Crippen LogP contribution in [0.25, 0.3) is 0 Å². The van der Waals surface area contributed by atoms with Crippen molar-refractivity contribution in [1.29, 1.82) is 0 Å². The van der Waals surface area contributed by atoms with Crippen LogP contribution in [0.1, 0.15) is 33.1 Å². The van der Waals surface area contributed by atoms with Crippen molar-refractivity contribution in [3.05, 3.63) is 24.0 Å². The topological polar surface area (TPSA) is 37.3 Å². The Labute approximate surface area is 97.0 Å². The van der Waals surface area contributed by atoms with Gasteiger partial charge in [-0.15, -0.1) is 0 Å². The third-order valence-corrected chi connectivity index (χ3v) is 4.18. The van der Waals surface area contributed by atoms with Crippen molar-refractivity contribution in [2.75, 3.05) is 0 Å². The number of fused-ring (bicyclic) bond motifs is 1. The quantitative estimate of drug-likeness (QED) is 0.689. The minimum Gasteiger partial charge on any atom is -0.505 e. The average Bonchev–Trinajstić information content (AvgIpc) is 2.21. The van der Waals surface area contributed by atoms with E-state index in [1.165, 1.54) is 5.57 Å². The molecule has 2 aliphatic rings. The standard InChI is InChI=1S/C14H20O2/c1-8(2)10-5-4-9(3)11-6-13(15)14(16)7-12(10)11/h7-8,10-12,16H,3-6H2,1-2H3/t10-,11-,12-/m1/s1. The van der Waals surface area contributed by atoms with E-state index >= 15 is 0 Å². The molecule has 0 bridgehead atoms. The fourth-order valence-corrected chi connectivity index (χ4v) is 3.18. The lowest BCUT2D eigenvalue weighted by Gasteiger charge is -2.41. The molecule has 0 radical (unpaired) electrons. The van der Waals surface area contributed by atoms with Crippen LogP contribution in [-0.2, 0) is 4.79 Å². The summed E-state index contributed by atoms with van der Waals surface area (Å²) < 4.78 is 0. The summed E-state index contributed by atoms with van der Waals surface area (Å²) in [5.74, 6) is 1.61. The van der Waals surface area contributed by atoms with Gasteiger partial charge in [0.1, 0.15) is 0 Å². The highest BCUT2D eigenvalue weighted by Crippen LogP contribution is 2.46. The normalized spacial score (nSPS) is 34.9. The molecule has 2 nitrogen and oxygen atoms in total. The molecule has 16 heavy (non-hydrogen) atoms. The van der Waals surface area contributed by atoms with E-state index in [9.17, 15) is 9.90 Å². The highest BCUT2D eigenvalue weighted by Gasteiger charge is 2.40. The van der Waals surface area contributed by atoms with Crippen molar-refractivity contribution < 1.29 is 9.90 Å². The van der Waals surface area contributed by atoms with Crippen LogP contribution < -0.4 is 0 Å². The molecule has 1 fully saturated rings. The Kier molecular flexibility index (Phi) is 2.92. The van der Waals surface area contributed by atoms with E-state index in [0.717, 1.165) is 12.8 Å². The molecule has 2 rings (SSSR count). The van der Waals surface area contributed by atoms with Gasteiger partial charge in [0.05, 0.1) is 0 Å². The van der Waals surface area contributed by atoms with E-state index in [1.807, 2.05) is 0 Å². The summed E-state index contributed by atoms with van der Waals surface area (Å²) in [6.07, 6.45) is 4.40. The second-order valence-corrected chi connectivity index (χ2v) is 5.47. The van der Waals surface area contributed by atoms with Gasteiger partial charge >= 0.3 is 0 Å². The van der Waals surface area contributed by atoms with Gasteiger partial charge in [-0.3, -0.25) is 4.79 Å². The molecule has 0 unspecified atom stereocenters. The van der Waals surface area contributed by atoms with E-state index in [0.29, 0.717) is 24.2 Å². The van der Waals surface area contributed by atoms with Crippen LogP contribution in [0.2, 0.25) is 0 Å². The third kappa shape index (κ3) is 1.81. The minimum atomic E-state index is -0.119. The molecule has 0 amide bonds. The van der Waals surface area contributed by atoms with Crippen molar-refractivity contribution in [3.63, 3.8) is 0 Å². The van der Waals surface area contributed by atoms with Gasteiger partial charge in [0, 0.05) is 6.42 Å². The van der Waals surface area contributed by atoms with Gasteiger partial charge in [-0.1, -0.05) is 26.0 Å². The molecule has 0 aromatic heterocycles. The first-order chi connectivity index (χ1) is 7.50. The van der Waals surface area contributed by atoms with E-state index in [1.54, 1.807) is 6.08 Å². The molecule has 2 heteroatoms. The SMILES string of the molecule is C=C1CC[C@H](C(C)C)[C@H]2C=C(O)C(=O)C[C@H]12. The predicted octanol–water partition coefficient (Wildman–Crippen LogP) is 3.26. The first-order valence-corrected chi connectivity index (χ1v) is 6.12. The molecule has 0 saturated heterocycles. The molecule has 88 valence electrons. The van der Waals surface area contributed by atoms with Crippen molar-refractivity contribution in [2.45, 2.75) is 33.1 Å². The number of carbonyl (C=O) groups excluding carboxylic acids is 1. The van der Waals surface area contributed by atoms with Crippen molar-refractivity contribution >= 4 is 5.78 Å². The van der Waals surface area contributed by atoms with Gasteiger partial charge in [-0.05, 0) is 42.6 Å². The third-order valence-electron chi connectivity index (χ3n) is 4.18. The second-order valence-electron chi connectivity index (χ2n) is 5.47. The molecule has 0 aliphatic heterocycles. The first-order valence-electron chi connectivity index (χ1n) is 6.12. The maximum absolute atomic E-state index is 11.5. The molecule has 0 aromatic rings. The van der Waals surface area contributed by atoms with Crippen molar-refractivity contribution in [1.82, 2.24) is 0 Å². The average molecular weight is 220 g/mol. The van der Waals surface area contributed by atoms with Crippen LogP contribution in [0, 0.1) is 23.7 Å². The van der Waals surface area contributed by atoms with Crippen LogP contribution >= 0.6 is 0 Å². The number of Topliss-reactive ketones (excluding diaryl/α,β-unsaturated/α-hetero) is 1. The van der Waals surface area contributed by atoms with E-state index in [-0.39, 0.29) is 17.5 Å². The van der Waals surface area contributed by atoms with Crippen LogP contribution in [-0.4, -0.2) is 10.9 Å². The summed E-state index contributed by atoms with van der Waals surface area (Å²) >= 11 is 0. The van der Waals surface area contributed by atoms with Crippen molar-refractivity contribution in [2.24, 2.45) is 23.7 Å². The van der Waals surface area contributed by atoms with E-state index in [2.05, 4.69) is 20.4 Å². The highest BCUT2D eigenvalue weighted by atomic mass is 16.3. The Hall–Kier alpha value is -1.05. The largest absolute Gasteiger partial charge is 0.505 e. The highest BCUT2D eigenvalue weighted by molar-refractivity contribution is 5.94. The predicted molar refractivity (Wildman–Crippen MR) is 64.0 cm³/mol. The Bertz CT molecular complexity index is 352. The number of aliphatic hydroxyl groups excluding tert-OH is 1. The van der Waals surface area contributed by atoms with Crippen LogP contribution in [0.15, 0.2) is 24.0 Å². The summed E-state index contributed by atoms with van der Waals surface area (Å²) in [5.41, 5.74) is 1.19. The second kappa shape index (κ2) is 4.08. The number of rotatable bonds is 1. The fourth-order valence-electron chi connectivity index (χ4n) is 3.18. The Morgan fingerprint density at radius 2 is 2.19 bits per heavy atom. The maximum atomic E-state index is 11.5. The van der Waals surface area contributed by atoms with E-state index < -0.39 is 0 Å². The molecule has 3 atom stereocenters. The summed E-state index contributed by atoms with van der Waals surface area (Å²) in [4.78, 5) is 11.5. The monoisotopic (exact) mass is 220 g/mol. The Morgan fingerprint density at radius 1 is 1.50 bits per heavy atom. The smallest absolute Gasteiger partial charge is 0.197 e. The summed E-state index contributed by atoms with van der Waals surface area (Å²) in [5, 5.41) is 9.58. The summed E-state index contributed by atoms with van der Waals surface area (Å²) in [6, 6.07) is 0. The van der Waals surface area contributed by atoms with Crippen LogP contribution in [0.4, 0.5) is 0 Å². The lowest BCUT2D eigenvalue weighted by Crippen LogP contribution is -2.36. The molecular weight excluding hydrogens is 200 g/mol. The molecule has 1 saturated carbocycles.